The summed E-state index contributed by atoms with van der Waals surface area (Å²) >= 11 is 5.16. The Morgan fingerprint density at radius 1 is 1.23 bits per heavy atom. The fourth-order valence-electron chi connectivity index (χ4n) is 2.93. The predicted molar refractivity (Wildman–Crippen MR) is 120 cm³/mol. The topological polar surface area (TPSA) is 56.3 Å². The predicted octanol–water partition coefficient (Wildman–Crippen LogP) is 4.97. The van der Waals surface area contributed by atoms with Gasteiger partial charge in [0, 0.05) is 67.0 Å². The third-order valence-electron chi connectivity index (χ3n) is 4.60. The molecule has 0 saturated heterocycles. The second-order valence-electron chi connectivity index (χ2n) is 7.48. The minimum Gasteiger partial charge on any atom is -0.661 e. The first kappa shape index (κ1) is 26.8. The van der Waals surface area contributed by atoms with Gasteiger partial charge in [0.05, 0.1) is 13.0 Å². The molecule has 0 N–H and O–H groups in total. The van der Waals surface area contributed by atoms with Crippen molar-refractivity contribution in [3.8, 4) is 0 Å². The van der Waals surface area contributed by atoms with Crippen LogP contribution in [0.1, 0.15) is 50.9 Å². The molecule has 30 heavy (non-hydrogen) atoms. The Bertz CT molecular complexity index is 857. The summed E-state index contributed by atoms with van der Waals surface area (Å²) in [4.78, 5) is 16.1. The molecular weight excluding hydrogens is 471 g/mol. The molecule has 0 bridgehead atoms. The summed E-state index contributed by atoms with van der Waals surface area (Å²) in [5.41, 5.74) is 5.01. The number of carbonyl (C=O) groups excluding carboxylic acids is 1. The Morgan fingerprint density at radius 2 is 1.87 bits per heavy atom. The van der Waals surface area contributed by atoms with E-state index in [2.05, 4.69) is 22.4 Å². The molecule has 0 saturated carbocycles. The van der Waals surface area contributed by atoms with Crippen LogP contribution in [0.5, 0.6) is 0 Å². The molecule has 0 unspecified atom stereocenters. The van der Waals surface area contributed by atoms with E-state index in [-0.39, 0.29) is 44.1 Å². The summed E-state index contributed by atoms with van der Waals surface area (Å²) < 4.78 is 6.76. The van der Waals surface area contributed by atoms with Gasteiger partial charge in [0.15, 0.2) is 0 Å². The Labute approximate surface area is 211 Å². The summed E-state index contributed by atoms with van der Waals surface area (Å²) in [6.07, 6.45) is 2.08. The number of hydrogen-bond acceptors (Lipinski definition) is 5. The fraction of sp³-hybridized carbons (Fsp3) is 0.391. The normalized spacial score (nSPS) is 12.5. The van der Waals surface area contributed by atoms with E-state index in [1.807, 2.05) is 65.1 Å². The van der Waals surface area contributed by atoms with Crippen LogP contribution in [-0.2, 0) is 67.0 Å². The van der Waals surface area contributed by atoms with Gasteiger partial charge in [-0.05, 0) is 26.0 Å². The van der Waals surface area contributed by atoms with Gasteiger partial charge in [-0.2, -0.15) is 7.05 Å². The van der Waals surface area contributed by atoms with Crippen molar-refractivity contribution < 1.29 is 42.2 Å². The van der Waals surface area contributed by atoms with Crippen molar-refractivity contribution in [1.82, 2.24) is 9.29 Å². The van der Waals surface area contributed by atoms with E-state index in [0.717, 1.165) is 29.2 Å². The third-order valence-corrected chi connectivity index (χ3v) is 5.06. The molecule has 3 rings (SSSR count). The number of carbonyl (C=O) groups is 1. The van der Waals surface area contributed by atoms with Crippen molar-refractivity contribution >= 4 is 24.5 Å². The van der Waals surface area contributed by atoms with Gasteiger partial charge >= 0.3 is 5.97 Å². The Hall–Kier alpha value is -1.21. The molecule has 2 aromatic rings. The first-order valence-corrected chi connectivity index (χ1v) is 10.1. The Kier molecular flexibility index (Phi) is 11.3. The first-order valence-electron chi connectivity index (χ1n) is 9.70. The molecular formula is C23H29N3O2SY-2. The minimum atomic E-state index is -0.363. The van der Waals surface area contributed by atoms with E-state index in [4.69, 9.17) is 17.6 Å². The van der Waals surface area contributed by atoms with E-state index >= 15 is 0 Å². The molecule has 0 spiro atoms. The maximum Gasteiger partial charge on any atom is 0.306 e. The molecule has 1 radical (unpaired) electrons. The van der Waals surface area contributed by atoms with E-state index < -0.39 is 0 Å². The van der Waals surface area contributed by atoms with Crippen LogP contribution in [0.4, 0.5) is 0 Å². The van der Waals surface area contributed by atoms with Crippen LogP contribution in [0, 0.1) is 0 Å². The molecule has 1 aliphatic rings. The zero-order valence-electron chi connectivity index (χ0n) is 18.4. The van der Waals surface area contributed by atoms with Gasteiger partial charge < -0.3 is 27.2 Å². The standard InChI is InChI=1S/C15H19N2O2S.C8H10N.Y/c1-5-19-13(18)9-15(3,4)12-8-11(6-7-16-12)14-10(2)17(14)20;1-9-7-8-5-3-2-4-6-8;/h6-8H,5,9H2,1-4H3;2-6H,7H2,1H3;/q2*-1;. The number of pyridine rings is 1. The van der Waals surface area contributed by atoms with E-state index in [1.54, 1.807) is 10.5 Å². The molecule has 0 aliphatic carbocycles. The van der Waals surface area contributed by atoms with Crippen LogP contribution in [0.25, 0.3) is 11.0 Å². The largest absolute Gasteiger partial charge is 0.661 e. The molecule has 0 amide bonds. The van der Waals surface area contributed by atoms with Crippen molar-refractivity contribution in [2.45, 2.75) is 46.1 Å². The maximum absolute atomic E-state index is 11.7. The quantitative estimate of drug-likeness (QED) is 0.397. The van der Waals surface area contributed by atoms with Crippen molar-refractivity contribution in [3.05, 3.63) is 76.5 Å². The number of ether oxygens (including phenoxy) is 1. The summed E-state index contributed by atoms with van der Waals surface area (Å²) in [5.74, 6) is -0.198. The third kappa shape index (κ3) is 7.80. The van der Waals surface area contributed by atoms with Crippen molar-refractivity contribution in [1.29, 1.82) is 0 Å². The van der Waals surface area contributed by atoms with E-state index in [1.165, 1.54) is 5.56 Å². The molecule has 159 valence electrons. The van der Waals surface area contributed by atoms with Gasteiger partial charge in [-0.25, -0.2) is 0 Å². The second-order valence-corrected chi connectivity index (χ2v) is 7.85. The van der Waals surface area contributed by atoms with Crippen LogP contribution >= 0.6 is 0 Å². The molecule has 7 heteroatoms. The SMILES string of the molecule is CCOC(=O)CC(C)(C)c1cc(C2=C(C)N2[S-])ccn1.C[N-]Cc1ccccc1.[Y]. The molecule has 5 nitrogen and oxygen atoms in total. The zero-order chi connectivity index (χ0) is 21.4. The van der Waals surface area contributed by atoms with Gasteiger partial charge in [0.1, 0.15) is 0 Å². The van der Waals surface area contributed by atoms with Crippen LogP contribution in [0.2, 0.25) is 0 Å². The van der Waals surface area contributed by atoms with Gasteiger partial charge in [-0.15, -0.1) is 6.54 Å². The summed E-state index contributed by atoms with van der Waals surface area (Å²) in [5, 5.41) is 4.01. The smallest absolute Gasteiger partial charge is 0.306 e. The van der Waals surface area contributed by atoms with Crippen molar-refractivity contribution in [3.63, 3.8) is 0 Å². The van der Waals surface area contributed by atoms with Crippen LogP contribution in [-0.4, -0.2) is 28.9 Å². The van der Waals surface area contributed by atoms with Gasteiger partial charge in [0.25, 0.3) is 0 Å². The van der Waals surface area contributed by atoms with E-state index in [9.17, 15) is 4.79 Å². The van der Waals surface area contributed by atoms with Gasteiger partial charge in [-0.3, -0.25) is 9.78 Å². The number of rotatable bonds is 7. The fourth-order valence-corrected chi connectivity index (χ4v) is 3.22. The Morgan fingerprint density at radius 3 is 2.40 bits per heavy atom. The number of esters is 1. The minimum absolute atomic E-state index is 0. The molecule has 2 heterocycles. The average molecular weight is 500 g/mol. The molecule has 1 aromatic heterocycles. The van der Waals surface area contributed by atoms with Crippen LogP contribution < -0.4 is 0 Å². The molecule has 0 fully saturated rings. The average Bonchev–Trinajstić information content (AvgIpc) is 3.29. The van der Waals surface area contributed by atoms with Crippen molar-refractivity contribution in [2.75, 3.05) is 13.7 Å². The number of benzene rings is 1. The van der Waals surface area contributed by atoms with E-state index in [0.29, 0.717) is 13.0 Å². The number of aromatic nitrogens is 1. The molecule has 1 aromatic carbocycles. The van der Waals surface area contributed by atoms with Gasteiger partial charge in [0.2, 0.25) is 0 Å². The van der Waals surface area contributed by atoms with Crippen molar-refractivity contribution in [2.24, 2.45) is 0 Å². The molecule has 1 aliphatic heterocycles. The first-order chi connectivity index (χ1) is 13.8. The Balaban J connectivity index is 0.000000379. The summed E-state index contributed by atoms with van der Waals surface area (Å²) in [6.45, 7) is 9.03. The number of hydrogen-bond donors (Lipinski definition) is 0. The zero-order valence-corrected chi connectivity index (χ0v) is 22.0. The van der Waals surface area contributed by atoms with Crippen LogP contribution in [0.3, 0.4) is 0 Å². The van der Waals surface area contributed by atoms with Gasteiger partial charge in [-0.1, -0.05) is 49.7 Å². The summed E-state index contributed by atoms with van der Waals surface area (Å²) in [6, 6.07) is 14.2. The summed E-state index contributed by atoms with van der Waals surface area (Å²) in [7, 11) is 1.83. The monoisotopic (exact) mass is 500 g/mol. The maximum atomic E-state index is 11.7. The second kappa shape index (κ2) is 12.6. The van der Waals surface area contributed by atoms with Crippen LogP contribution in [0.15, 0.2) is 54.4 Å². The number of nitrogens with zero attached hydrogens (tertiary/aromatic N) is 3. The molecule has 0 atom stereocenters. The number of allylic oxidation sites excluding steroid dienone is 1.